The molecule has 0 aliphatic heterocycles. The monoisotopic (exact) mass is 316 g/mol. The fourth-order valence-corrected chi connectivity index (χ4v) is 2.43. The number of nitrogens with zero attached hydrogens (tertiary/aromatic N) is 1. The quantitative estimate of drug-likeness (QED) is 0.663. The Balaban J connectivity index is 2.15. The van der Waals surface area contributed by atoms with Gasteiger partial charge in [0.25, 0.3) is 11.6 Å². The molecule has 0 radical (unpaired) electrons. The molecule has 0 saturated heterocycles. The second-order valence-electron chi connectivity index (χ2n) is 5.08. The highest BCUT2D eigenvalue weighted by molar-refractivity contribution is 6.43. The molecular formula is C13H14Cl2N2O3. The van der Waals surface area contributed by atoms with Crippen LogP contribution in [-0.2, 0) is 0 Å². The summed E-state index contributed by atoms with van der Waals surface area (Å²) in [5.41, 5.74) is -0.00314. The number of halogens is 2. The lowest BCUT2D eigenvalue weighted by Gasteiger charge is -2.13. The molecule has 1 saturated carbocycles. The number of nitro benzene ring substituents is 1. The van der Waals surface area contributed by atoms with Crippen LogP contribution in [-0.4, -0.2) is 17.4 Å². The van der Waals surface area contributed by atoms with E-state index in [0.29, 0.717) is 6.54 Å². The molecule has 1 amide bonds. The minimum atomic E-state index is -0.653. The van der Waals surface area contributed by atoms with E-state index in [-0.39, 0.29) is 32.6 Å². The maximum atomic E-state index is 12.0. The van der Waals surface area contributed by atoms with E-state index in [2.05, 4.69) is 12.2 Å². The number of hydrogen-bond donors (Lipinski definition) is 1. The van der Waals surface area contributed by atoms with Gasteiger partial charge in [0.1, 0.15) is 5.02 Å². The zero-order valence-corrected chi connectivity index (χ0v) is 12.4. The Morgan fingerprint density at radius 3 is 2.60 bits per heavy atom. The average molecular weight is 317 g/mol. The highest BCUT2D eigenvalue weighted by Gasteiger charge is 2.40. The Morgan fingerprint density at radius 1 is 1.45 bits per heavy atom. The maximum absolute atomic E-state index is 12.0. The topological polar surface area (TPSA) is 72.2 Å². The first-order valence-electron chi connectivity index (χ1n) is 6.30. The molecular weight excluding hydrogens is 303 g/mol. The minimum absolute atomic E-state index is 0.00245. The molecule has 7 heteroatoms. The third-order valence-electron chi connectivity index (χ3n) is 3.80. The van der Waals surface area contributed by atoms with Crippen LogP contribution in [0.2, 0.25) is 10.0 Å². The summed E-state index contributed by atoms with van der Waals surface area (Å²) in [6.45, 7) is 2.67. The maximum Gasteiger partial charge on any atom is 0.290 e. The number of amides is 1. The smallest absolute Gasteiger partial charge is 0.290 e. The van der Waals surface area contributed by atoms with Crippen molar-refractivity contribution < 1.29 is 9.72 Å². The van der Waals surface area contributed by atoms with Crippen LogP contribution in [0.3, 0.4) is 0 Å². The van der Waals surface area contributed by atoms with Gasteiger partial charge in [-0.1, -0.05) is 30.1 Å². The number of nitrogens with one attached hydrogen (secondary N) is 1. The van der Waals surface area contributed by atoms with E-state index in [4.69, 9.17) is 23.2 Å². The highest BCUT2D eigenvalue weighted by atomic mass is 35.5. The summed E-state index contributed by atoms with van der Waals surface area (Å²) in [5.74, 6) is -0.369. The number of benzene rings is 1. The molecule has 5 nitrogen and oxygen atoms in total. The molecule has 1 aliphatic rings. The third kappa shape index (κ3) is 3.04. The molecule has 0 atom stereocenters. The van der Waals surface area contributed by atoms with Crippen LogP contribution < -0.4 is 5.32 Å². The summed E-state index contributed by atoms with van der Waals surface area (Å²) in [6, 6.07) is 2.49. The van der Waals surface area contributed by atoms with Crippen LogP contribution in [0.15, 0.2) is 12.1 Å². The Labute approximate surface area is 126 Å². The van der Waals surface area contributed by atoms with Gasteiger partial charge >= 0.3 is 0 Å². The molecule has 2 rings (SSSR count). The normalized spacial score (nSPS) is 15.8. The molecule has 108 valence electrons. The van der Waals surface area contributed by atoms with E-state index < -0.39 is 4.92 Å². The van der Waals surface area contributed by atoms with Crippen molar-refractivity contribution in [2.75, 3.05) is 6.54 Å². The van der Waals surface area contributed by atoms with Crippen molar-refractivity contribution >= 4 is 34.8 Å². The van der Waals surface area contributed by atoms with Gasteiger partial charge < -0.3 is 5.32 Å². The first-order chi connectivity index (χ1) is 9.38. The Morgan fingerprint density at radius 2 is 2.10 bits per heavy atom. The largest absolute Gasteiger partial charge is 0.351 e. The predicted molar refractivity (Wildman–Crippen MR) is 77.4 cm³/mol. The summed E-state index contributed by atoms with van der Waals surface area (Å²) in [6.07, 6.45) is 3.21. The van der Waals surface area contributed by atoms with Crippen LogP contribution in [0.4, 0.5) is 5.69 Å². The second-order valence-corrected chi connectivity index (χ2v) is 5.87. The molecule has 1 aliphatic carbocycles. The van der Waals surface area contributed by atoms with Crippen LogP contribution in [0.5, 0.6) is 0 Å². The van der Waals surface area contributed by atoms with Gasteiger partial charge in [0, 0.05) is 18.2 Å². The number of carbonyl (C=O) groups is 1. The molecule has 0 unspecified atom stereocenters. The van der Waals surface area contributed by atoms with Crippen molar-refractivity contribution in [1.82, 2.24) is 5.32 Å². The molecule has 0 bridgehead atoms. The summed E-state index contributed by atoms with van der Waals surface area (Å²) >= 11 is 11.6. The van der Waals surface area contributed by atoms with Crippen LogP contribution >= 0.6 is 23.2 Å². The van der Waals surface area contributed by atoms with Crippen LogP contribution in [0, 0.1) is 15.5 Å². The molecule has 1 N–H and O–H groups in total. The van der Waals surface area contributed by atoms with Gasteiger partial charge in [0.15, 0.2) is 0 Å². The van der Waals surface area contributed by atoms with Crippen LogP contribution in [0.1, 0.15) is 36.5 Å². The fourth-order valence-electron chi connectivity index (χ4n) is 2.04. The van der Waals surface area contributed by atoms with Gasteiger partial charge in [-0.2, -0.15) is 0 Å². The van der Waals surface area contributed by atoms with E-state index in [1.165, 1.54) is 6.07 Å². The Hall–Kier alpha value is -1.33. The first kappa shape index (κ1) is 15.1. The molecule has 0 spiro atoms. The van der Waals surface area contributed by atoms with Crippen molar-refractivity contribution in [3.63, 3.8) is 0 Å². The lowest BCUT2D eigenvalue weighted by Crippen LogP contribution is -2.30. The standard InChI is InChI=1S/C13H14Cl2N2O3/c1-2-13(3-4-13)7-16-12(18)8-5-9(14)11(15)10(6-8)17(19)20/h5-6H,2-4,7H2,1H3,(H,16,18). The Bertz CT molecular complexity index is 571. The zero-order valence-electron chi connectivity index (χ0n) is 10.9. The van der Waals surface area contributed by atoms with E-state index in [1.54, 1.807) is 0 Å². The van der Waals surface area contributed by atoms with Crippen molar-refractivity contribution in [1.29, 1.82) is 0 Å². The van der Waals surface area contributed by atoms with Gasteiger partial charge in [-0.3, -0.25) is 14.9 Å². The van der Waals surface area contributed by atoms with Gasteiger partial charge in [0.05, 0.1) is 9.95 Å². The van der Waals surface area contributed by atoms with Gasteiger partial charge in [-0.15, -0.1) is 0 Å². The second kappa shape index (κ2) is 5.58. The van der Waals surface area contributed by atoms with E-state index in [0.717, 1.165) is 25.3 Å². The van der Waals surface area contributed by atoms with Crippen molar-refractivity contribution in [2.24, 2.45) is 5.41 Å². The number of nitro groups is 1. The molecule has 0 heterocycles. The lowest BCUT2D eigenvalue weighted by molar-refractivity contribution is -0.384. The summed E-state index contributed by atoms with van der Waals surface area (Å²) < 4.78 is 0. The fraction of sp³-hybridized carbons (Fsp3) is 0.462. The van der Waals surface area contributed by atoms with Crippen molar-refractivity contribution in [2.45, 2.75) is 26.2 Å². The molecule has 0 aromatic heterocycles. The van der Waals surface area contributed by atoms with E-state index in [9.17, 15) is 14.9 Å². The lowest BCUT2D eigenvalue weighted by atomic mass is 10.0. The highest BCUT2D eigenvalue weighted by Crippen LogP contribution is 2.47. The van der Waals surface area contributed by atoms with Crippen LogP contribution in [0.25, 0.3) is 0 Å². The Kier molecular flexibility index (Phi) is 4.20. The third-order valence-corrected chi connectivity index (χ3v) is 4.59. The van der Waals surface area contributed by atoms with Crippen molar-refractivity contribution in [3.8, 4) is 0 Å². The number of hydrogen-bond acceptors (Lipinski definition) is 3. The zero-order chi connectivity index (χ0) is 14.9. The molecule has 20 heavy (non-hydrogen) atoms. The summed E-state index contributed by atoms with van der Waals surface area (Å²) in [4.78, 5) is 22.2. The number of rotatable bonds is 5. The molecule has 1 fully saturated rings. The molecule has 1 aromatic carbocycles. The van der Waals surface area contributed by atoms with Gasteiger partial charge in [0.2, 0.25) is 0 Å². The van der Waals surface area contributed by atoms with Crippen molar-refractivity contribution in [3.05, 3.63) is 37.9 Å². The average Bonchev–Trinajstić information content (AvgIpc) is 3.19. The minimum Gasteiger partial charge on any atom is -0.351 e. The first-order valence-corrected chi connectivity index (χ1v) is 7.06. The van der Waals surface area contributed by atoms with Gasteiger partial charge in [-0.25, -0.2) is 0 Å². The SMILES string of the molecule is CCC1(CNC(=O)c2cc(Cl)c(Cl)c([N+](=O)[O-])c2)CC1. The summed E-state index contributed by atoms with van der Waals surface area (Å²) in [7, 11) is 0. The van der Waals surface area contributed by atoms with E-state index >= 15 is 0 Å². The van der Waals surface area contributed by atoms with Gasteiger partial charge in [-0.05, 0) is 30.7 Å². The number of carbonyl (C=O) groups excluding carboxylic acids is 1. The molecule has 1 aromatic rings. The summed E-state index contributed by atoms with van der Waals surface area (Å²) in [5, 5.41) is 13.5. The van der Waals surface area contributed by atoms with E-state index in [1.807, 2.05) is 0 Å². The predicted octanol–water partition coefficient (Wildman–Crippen LogP) is 3.82.